The van der Waals surface area contributed by atoms with Crippen LogP contribution in [-0.2, 0) is 0 Å². The van der Waals surface area contributed by atoms with E-state index >= 15 is 0 Å². The predicted octanol–water partition coefficient (Wildman–Crippen LogP) is 3.82. The molecule has 0 unspecified atom stereocenters. The molecular weight excluding hydrogens is 220 g/mol. The third-order valence-corrected chi connectivity index (χ3v) is 2.90. The Kier molecular flexibility index (Phi) is 2.72. The fourth-order valence-electron chi connectivity index (χ4n) is 1.85. The minimum atomic E-state index is 0.697. The molecule has 2 aromatic rings. The van der Waals surface area contributed by atoms with Crippen molar-refractivity contribution in [3.8, 4) is 17.3 Å². The molecule has 0 aliphatic rings. The summed E-state index contributed by atoms with van der Waals surface area (Å²) in [5, 5.41) is 9.71. The van der Waals surface area contributed by atoms with E-state index in [4.69, 9.17) is 16.9 Å². The van der Waals surface area contributed by atoms with Crippen molar-refractivity contribution in [2.75, 3.05) is 0 Å². The zero-order chi connectivity index (χ0) is 11.7. The molecule has 0 radical (unpaired) electrons. The molecule has 0 fully saturated rings. The fraction of sp³-hybridized carbons (Fsp3) is 0.154. The summed E-state index contributed by atoms with van der Waals surface area (Å²) in [4.78, 5) is 3.23. The van der Waals surface area contributed by atoms with Gasteiger partial charge in [-0.3, -0.25) is 0 Å². The van der Waals surface area contributed by atoms with E-state index in [0.717, 1.165) is 28.1 Å². The van der Waals surface area contributed by atoms with Gasteiger partial charge in [0.1, 0.15) is 6.07 Å². The predicted molar refractivity (Wildman–Crippen MR) is 65.4 cm³/mol. The molecule has 1 aromatic heterocycles. The zero-order valence-corrected chi connectivity index (χ0v) is 9.89. The molecule has 80 valence electrons. The van der Waals surface area contributed by atoms with Crippen molar-refractivity contribution in [1.29, 1.82) is 5.26 Å². The van der Waals surface area contributed by atoms with Crippen LogP contribution in [-0.4, -0.2) is 4.98 Å². The van der Waals surface area contributed by atoms with Gasteiger partial charge in [-0.25, -0.2) is 0 Å². The van der Waals surface area contributed by atoms with E-state index in [2.05, 4.69) is 11.1 Å². The van der Waals surface area contributed by atoms with Gasteiger partial charge in [-0.2, -0.15) is 5.26 Å². The van der Waals surface area contributed by atoms with Crippen molar-refractivity contribution in [1.82, 2.24) is 4.98 Å². The van der Waals surface area contributed by atoms with E-state index in [0.29, 0.717) is 5.02 Å². The number of nitriles is 1. The number of hydrogen-bond donors (Lipinski definition) is 1. The molecule has 0 aliphatic heterocycles. The summed E-state index contributed by atoms with van der Waals surface area (Å²) >= 11 is 5.95. The number of halogens is 1. The molecule has 0 saturated carbocycles. The number of benzene rings is 1. The van der Waals surface area contributed by atoms with Crippen LogP contribution in [0.3, 0.4) is 0 Å². The largest absolute Gasteiger partial charge is 0.357 e. The van der Waals surface area contributed by atoms with Gasteiger partial charge in [-0.15, -0.1) is 0 Å². The van der Waals surface area contributed by atoms with Crippen LogP contribution in [0.5, 0.6) is 0 Å². The maximum Gasteiger partial charge on any atom is 0.101 e. The van der Waals surface area contributed by atoms with Crippen molar-refractivity contribution in [3.05, 3.63) is 46.1 Å². The Hall–Kier alpha value is -1.72. The van der Waals surface area contributed by atoms with Gasteiger partial charge >= 0.3 is 0 Å². The van der Waals surface area contributed by atoms with Crippen molar-refractivity contribution in [3.63, 3.8) is 0 Å². The minimum absolute atomic E-state index is 0.697. The molecule has 0 saturated heterocycles. The number of aromatic amines is 1. The summed E-state index contributed by atoms with van der Waals surface area (Å²) in [5.41, 5.74) is 4.57. The van der Waals surface area contributed by atoms with Crippen LogP contribution in [0.4, 0.5) is 0 Å². The van der Waals surface area contributed by atoms with E-state index in [9.17, 15) is 0 Å². The Morgan fingerprint density at radius 3 is 2.62 bits per heavy atom. The fourth-order valence-corrected chi connectivity index (χ4v) is 2.04. The molecule has 1 aromatic carbocycles. The van der Waals surface area contributed by atoms with Crippen LogP contribution in [0.2, 0.25) is 5.02 Å². The molecule has 1 heterocycles. The number of nitrogens with one attached hydrogen (secondary N) is 1. The smallest absolute Gasteiger partial charge is 0.101 e. The highest BCUT2D eigenvalue weighted by Crippen LogP contribution is 2.28. The Balaban J connectivity index is 2.62. The lowest BCUT2D eigenvalue weighted by Gasteiger charge is -2.00. The summed E-state index contributed by atoms with van der Waals surface area (Å²) < 4.78 is 0. The monoisotopic (exact) mass is 230 g/mol. The van der Waals surface area contributed by atoms with E-state index in [1.54, 1.807) is 0 Å². The van der Waals surface area contributed by atoms with Crippen molar-refractivity contribution in [2.24, 2.45) is 0 Å². The maximum atomic E-state index is 9.02. The first kappa shape index (κ1) is 10.8. The van der Waals surface area contributed by atoms with Gasteiger partial charge < -0.3 is 4.98 Å². The lowest BCUT2D eigenvalue weighted by atomic mass is 10.1. The third kappa shape index (κ3) is 1.70. The second-order valence-electron chi connectivity index (χ2n) is 3.75. The van der Waals surface area contributed by atoms with E-state index < -0.39 is 0 Å². The lowest BCUT2D eigenvalue weighted by Crippen LogP contribution is -1.81. The molecule has 0 aliphatic carbocycles. The minimum Gasteiger partial charge on any atom is -0.357 e. The zero-order valence-electron chi connectivity index (χ0n) is 9.13. The molecular formula is C13H11ClN2. The number of aryl methyl sites for hydroxylation is 1. The second-order valence-corrected chi connectivity index (χ2v) is 4.18. The molecule has 16 heavy (non-hydrogen) atoms. The molecule has 0 spiro atoms. The highest BCUT2D eigenvalue weighted by Gasteiger charge is 2.12. The number of hydrogen-bond acceptors (Lipinski definition) is 1. The average Bonchev–Trinajstić information content (AvgIpc) is 2.54. The highest BCUT2D eigenvalue weighted by molar-refractivity contribution is 6.30. The first-order valence-corrected chi connectivity index (χ1v) is 5.36. The van der Waals surface area contributed by atoms with Crippen molar-refractivity contribution >= 4 is 11.6 Å². The van der Waals surface area contributed by atoms with Crippen LogP contribution < -0.4 is 0 Å². The van der Waals surface area contributed by atoms with E-state index in [-0.39, 0.29) is 0 Å². The van der Waals surface area contributed by atoms with Gasteiger partial charge in [0.15, 0.2) is 0 Å². The quantitative estimate of drug-likeness (QED) is 0.795. The molecule has 2 nitrogen and oxygen atoms in total. The SMILES string of the molecule is Cc1[nH]c(-c2cccc(Cl)c2)c(C)c1C#N. The molecule has 0 atom stereocenters. The summed E-state index contributed by atoms with van der Waals surface area (Å²) in [6.45, 7) is 3.85. The number of H-pyrrole nitrogens is 1. The maximum absolute atomic E-state index is 9.02. The molecule has 0 amide bonds. The summed E-state index contributed by atoms with van der Waals surface area (Å²) in [6.07, 6.45) is 0. The van der Waals surface area contributed by atoms with Gasteiger partial charge in [0, 0.05) is 16.4 Å². The van der Waals surface area contributed by atoms with Gasteiger partial charge in [0.25, 0.3) is 0 Å². The molecule has 1 N–H and O–H groups in total. The third-order valence-electron chi connectivity index (χ3n) is 2.66. The number of rotatable bonds is 1. The molecule has 0 bridgehead atoms. The average molecular weight is 231 g/mol. The molecule has 2 rings (SSSR count). The van der Waals surface area contributed by atoms with E-state index in [1.807, 2.05) is 38.1 Å². The lowest BCUT2D eigenvalue weighted by molar-refractivity contribution is 1.25. The Morgan fingerprint density at radius 2 is 2.06 bits per heavy atom. The van der Waals surface area contributed by atoms with Gasteiger partial charge in [0.05, 0.1) is 5.56 Å². The van der Waals surface area contributed by atoms with Gasteiger partial charge in [-0.1, -0.05) is 23.7 Å². The summed E-state index contributed by atoms with van der Waals surface area (Å²) in [5.74, 6) is 0. The topological polar surface area (TPSA) is 39.6 Å². The standard InChI is InChI=1S/C13H11ClN2/c1-8-12(7-15)9(2)16-13(8)10-4-3-5-11(14)6-10/h3-6,16H,1-2H3. The highest BCUT2D eigenvalue weighted by atomic mass is 35.5. The van der Waals surface area contributed by atoms with Gasteiger partial charge in [0.2, 0.25) is 0 Å². The van der Waals surface area contributed by atoms with Crippen LogP contribution in [0, 0.1) is 25.2 Å². The van der Waals surface area contributed by atoms with Crippen LogP contribution in [0.1, 0.15) is 16.8 Å². The van der Waals surface area contributed by atoms with Crippen LogP contribution in [0.15, 0.2) is 24.3 Å². The van der Waals surface area contributed by atoms with Crippen molar-refractivity contribution in [2.45, 2.75) is 13.8 Å². The van der Waals surface area contributed by atoms with Crippen molar-refractivity contribution < 1.29 is 0 Å². The Morgan fingerprint density at radius 1 is 1.31 bits per heavy atom. The summed E-state index contributed by atoms with van der Waals surface area (Å²) in [6, 6.07) is 9.81. The van der Waals surface area contributed by atoms with Crippen LogP contribution >= 0.6 is 11.6 Å². The first-order valence-electron chi connectivity index (χ1n) is 4.98. The van der Waals surface area contributed by atoms with Crippen LogP contribution in [0.25, 0.3) is 11.3 Å². The Labute approximate surface area is 99.5 Å². The second kappa shape index (κ2) is 4.03. The van der Waals surface area contributed by atoms with E-state index in [1.165, 1.54) is 0 Å². The number of aromatic nitrogens is 1. The van der Waals surface area contributed by atoms with Gasteiger partial charge in [-0.05, 0) is 37.1 Å². The molecule has 3 heteroatoms. The first-order chi connectivity index (χ1) is 7.63. The Bertz CT molecular complexity index is 576. The normalized spacial score (nSPS) is 10.1. The number of nitrogens with zero attached hydrogens (tertiary/aromatic N) is 1. The summed E-state index contributed by atoms with van der Waals surface area (Å²) in [7, 11) is 0.